The molecule has 2 heterocycles. The number of pyridine rings is 1. The Labute approximate surface area is 138 Å². The zero-order valence-electron chi connectivity index (χ0n) is 13.6. The van der Waals surface area contributed by atoms with Crippen molar-refractivity contribution in [3.05, 3.63) is 24.5 Å². The van der Waals surface area contributed by atoms with E-state index in [1.807, 2.05) is 12.1 Å². The first kappa shape index (κ1) is 16.0. The van der Waals surface area contributed by atoms with Gasteiger partial charge in [-0.05, 0) is 37.9 Å². The molecule has 0 radical (unpaired) electrons. The molecule has 1 aliphatic heterocycles. The smallest absolute Gasteiger partial charge is 0.225 e. The largest absolute Gasteiger partial charge is 0.325 e. The summed E-state index contributed by atoms with van der Waals surface area (Å²) in [6, 6.07) is 3.70. The van der Waals surface area contributed by atoms with Crippen LogP contribution in [-0.4, -0.2) is 24.0 Å². The molecule has 1 atom stereocenters. The second kappa shape index (κ2) is 7.61. The van der Waals surface area contributed by atoms with Crippen molar-refractivity contribution in [1.29, 1.82) is 0 Å². The van der Waals surface area contributed by atoms with Crippen LogP contribution < -0.4 is 10.6 Å². The normalized spacial score (nSPS) is 22.9. The van der Waals surface area contributed by atoms with Gasteiger partial charge in [-0.2, -0.15) is 0 Å². The van der Waals surface area contributed by atoms with E-state index in [0.29, 0.717) is 12.3 Å². The average molecular weight is 311 g/mol. The van der Waals surface area contributed by atoms with Gasteiger partial charge in [0.15, 0.2) is 0 Å². The van der Waals surface area contributed by atoms with E-state index in [1.165, 1.54) is 19.3 Å². The third kappa shape index (κ3) is 4.56. The molecule has 2 aliphatic rings. The first-order valence-electron chi connectivity index (χ1n) is 8.69. The lowest BCUT2D eigenvalue weighted by Crippen LogP contribution is -2.29. The molecule has 1 saturated carbocycles. The number of nitrogens with zero attached hydrogens (tertiary/aromatic N) is 1. The van der Waals surface area contributed by atoms with Crippen molar-refractivity contribution in [2.75, 3.05) is 18.4 Å². The zero-order chi connectivity index (χ0) is 16.0. The van der Waals surface area contributed by atoms with Crippen LogP contribution in [0.1, 0.15) is 44.9 Å². The van der Waals surface area contributed by atoms with Gasteiger partial charge in [0.25, 0.3) is 0 Å². The minimum atomic E-state index is -0.132. The van der Waals surface area contributed by atoms with Gasteiger partial charge in [0.2, 0.25) is 5.91 Å². The van der Waals surface area contributed by atoms with E-state index < -0.39 is 0 Å². The summed E-state index contributed by atoms with van der Waals surface area (Å²) in [4.78, 5) is 16.5. The van der Waals surface area contributed by atoms with Crippen molar-refractivity contribution in [2.45, 2.75) is 44.9 Å². The fourth-order valence-corrected chi connectivity index (χ4v) is 3.56. The monoisotopic (exact) mass is 311 g/mol. The lowest BCUT2D eigenvalue weighted by Gasteiger charge is -2.32. The van der Waals surface area contributed by atoms with E-state index in [2.05, 4.69) is 27.5 Å². The molecule has 4 nitrogen and oxygen atoms in total. The Morgan fingerprint density at radius 1 is 1.39 bits per heavy atom. The fourth-order valence-electron chi connectivity index (χ4n) is 3.56. The van der Waals surface area contributed by atoms with E-state index in [9.17, 15) is 4.79 Å². The molecule has 1 saturated heterocycles. The highest BCUT2D eigenvalue weighted by atomic mass is 16.1. The van der Waals surface area contributed by atoms with E-state index in [0.717, 1.165) is 38.0 Å². The SMILES string of the molecule is O=C(CC1(C#CC2CCNC2)CCCCC1)Nc1cccnc1. The molecule has 23 heavy (non-hydrogen) atoms. The highest BCUT2D eigenvalue weighted by Gasteiger charge is 2.33. The van der Waals surface area contributed by atoms with Crippen LogP contribution in [-0.2, 0) is 4.79 Å². The molecule has 2 N–H and O–H groups in total. The van der Waals surface area contributed by atoms with Crippen molar-refractivity contribution < 1.29 is 4.79 Å². The second-order valence-electron chi connectivity index (χ2n) is 6.77. The number of rotatable bonds is 3. The number of carbonyl (C=O) groups is 1. The third-order valence-corrected chi connectivity index (χ3v) is 4.86. The molecule has 1 aliphatic carbocycles. The summed E-state index contributed by atoms with van der Waals surface area (Å²) in [5.74, 6) is 7.49. The molecule has 0 aromatic carbocycles. The third-order valence-electron chi connectivity index (χ3n) is 4.86. The summed E-state index contributed by atoms with van der Waals surface area (Å²) in [6.45, 7) is 2.05. The van der Waals surface area contributed by atoms with Gasteiger partial charge in [-0.3, -0.25) is 9.78 Å². The van der Waals surface area contributed by atoms with Crippen LogP contribution in [0.3, 0.4) is 0 Å². The number of anilines is 1. The molecule has 0 spiro atoms. The van der Waals surface area contributed by atoms with Crippen molar-refractivity contribution in [3.63, 3.8) is 0 Å². The molecule has 122 valence electrons. The quantitative estimate of drug-likeness (QED) is 0.844. The minimum absolute atomic E-state index is 0.0544. The van der Waals surface area contributed by atoms with Crippen molar-refractivity contribution in [1.82, 2.24) is 10.3 Å². The van der Waals surface area contributed by atoms with Crippen molar-refractivity contribution in [2.24, 2.45) is 11.3 Å². The molecule has 4 heteroatoms. The lowest BCUT2D eigenvalue weighted by atomic mass is 9.72. The summed E-state index contributed by atoms with van der Waals surface area (Å²) < 4.78 is 0. The van der Waals surface area contributed by atoms with Gasteiger partial charge >= 0.3 is 0 Å². The molecule has 1 amide bonds. The summed E-state index contributed by atoms with van der Waals surface area (Å²) in [5, 5.41) is 6.32. The van der Waals surface area contributed by atoms with Gasteiger partial charge in [0.05, 0.1) is 11.9 Å². The van der Waals surface area contributed by atoms with Crippen LogP contribution in [0.5, 0.6) is 0 Å². The van der Waals surface area contributed by atoms with Gasteiger partial charge in [-0.15, -0.1) is 0 Å². The molecular formula is C19H25N3O. The first-order valence-corrected chi connectivity index (χ1v) is 8.69. The molecule has 1 aromatic rings. The van der Waals surface area contributed by atoms with Crippen LogP contribution in [0.4, 0.5) is 5.69 Å². The standard InChI is InChI=1S/C19H25N3O/c23-18(22-17-5-4-11-20-15-17)13-19(8-2-1-3-9-19)10-6-16-7-12-21-14-16/h4-5,11,15-16,21H,1-3,7-9,12-14H2,(H,22,23). The van der Waals surface area contributed by atoms with Gasteiger partial charge in [0, 0.05) is 30.5 Å². The topological polar surface area (TPSA) is 54.0 Å². The highest BCUT2D eigenvalue weighted by molar-refractivity contribution is 5.91. The van der Waals surface area contributed by atoms with Crippen LogP contribution in [0.2, 0.25) is 0 Å². The van der Waals surface area contributed by atoms with E-state index in [4.69, 9.17) is 0 Å². The summed E-state index contributed by atoms with van der Waals surface area (Å²) in [5.41, 5.74) is 0.629. The lowest BCUT2D eigenvalue weighted by molar-refractivity contribution is -0.118. The van der Waals surface area contributed by atoms with Crippen molar-refractivity contribution in [3.8, 4) is 11.8 Å². The first-order chi connectivity index (χ1) is 11.3. The van der Waals surface area contributed by atoms with Gasteiger partial charge < -0.3 is 10.6 Å². The van der Waals surface area contributed by atoms with Crippen LogP contribution in [0.25, 0.3) is 0 Å². The van der Waals surface area contributed by atoms with Gasteiger partial charge in [0.1, 0.15) is 0 Å². The Hall–Kier alpha value is -1.86. The van der Waals surface area contributed by atoms with Crippen LogP contribution in [0, 0.1) is 23.2 Å². The Balaban J connectivity index is 1.67. The van der Waals surface area contributed by atoms with Gasteiger partial charge in [-0.1, -0.05) is 31.1 Å². The fraction of sp³-hybridized carbons (Fsp3) is 0.579. The maximum Gasteiger partial charge on any atom is 0.225 e. The minimum Gasteiger partial charge on any atom is -0.325 e. The molecule has 2 fully saturated rings. The molecule has 1 aromatic heterocycles. The van der Waals surface area contributed by atoms with E-state index in [1.54, 1.807) is 12.4 Å². The van der Waals surface area contributed by atoms with Crippen LogP contribution in [0.15, 0.2) is 24.5 Å². The Morgan fingerprint density at radius 3 is 2.96 bits per heavy atom. The number of carbonyl (C=O) groups excluding carboxylic acids is 1. The Morgan fingerprint density at radius 2 is 2.26 bits per heavy atom. The molecule has 3 rings (SSSR count). The molecule has 1 unspecified atom stereocenters. The van der Waals surface area contributed by atoms with Crippen molar-refractivity contribution >= 4 is 11.6 Å². The maximum absolute atomic E-state index is 12.5. The predicted octanol–water partition coefficient (Wildman–Crippen LogP) is 2.97. The number of amides is 1. The number of hydrogen-bond donors (Lipinski definition) is 2. The molecular weight excluding hydrogens is 286 g/mol. The Bertz CT molecular complexity index is 576. The summed E-state index contributed by atoms with van der Waals surface area (Å²) >= 11 is 0. The van der Waals surface area contributed by atoms with Crippen LogP contribution >= 0.6 is 0 Å². The van der Waals surface area contributed by atoms with E-state index >= 15 is 0 Å². The number of hydrogen-bond acceptors (Lipinski definition) is 3. The van der Waals surface area contributed by atoms with Gasteiger partial charge in [-0.25, -0.2) is 0 Å². The molecule has 0 bridgehead atoms. The van der Waals surface area contributed by atoms with E-state index in [-0.39, 0.29) is 11.3 Å². The summed E-state index contributed by atoms with van der Waals surface area (Å²) in [6.07, 6.45) is 10.7. The average Bonchev–Trinajstić information content (AvgIpc) is 3.08. The number of nitrogens with one attached hydrogen (secondary N) is 2. The number of aromatic nitrogens is 1. The maximum atomic E-state index is 12.5. The highest BCUT2D eigenvalue weighted by Crippen LogP contribution is 2.39. The Kier molecular flexibility index (Phi) is 5.30. The predicted molar refractivity (Wildman–Crippen MR) is 91.8 cm³/mol. The second-order valence-corrected chi connectivity index (χ2v) is 6.77. The zero-order valence-corrected chi connectivity index (χ0v) is 13.6. The summed E-state index contributed by atoms with van der Waals surface area (Å²) in [7, 11) is 0.